The first-order valence-corrected chi connectivity index (χ1v) is 12.3. The molecule has 214 valence electrons. The minimum atomic E-state index is -4.70. The number of phenolic OH excluding ortho intramolecular Hbond substituents is 1. The van der Waals surface area contributed by atoms with Crippen molar-refractivity contribution in [3.05, 3.63) is 94.5 Å². The number of benzene rings is 3. The molecule has 1 fully saturated rings. The number of carbonyl (C=O) groups excluding carboxylic acids is 2. The molecule has 41 heavy (non-hydrogen) atoms. The molecule has 0 atom stereocenters. The number of phenols is 1. The maximum atomic E-state index is 13.6. The Morgan fingerprint density at radius 2 is 1.46 bits per heavy atom. The predicted molar refractivity (Wildman–Crippen MR) is 138 cm³/mol. The van der Waals surface area contributed by atoms with Gasteiger partial charge in [0.15, 0.2) is 0 Å². The van der Waals surface area contributed by atoms with Crippen LogP contribution in [0.25, 0.3) is 0 Å². The normalized spacial score (nSPS) is 13.8. The minimum Gasteiger partial charge on any atom is -0.508 e. The maximum absolute atomic E-state index is 13.6. The Hall–Kier alpha value is -4.66. The molecule has 2 amide bonds. The van der Waals surface area contributed by atoms with Gasteiger partial charge in [-0.25, -0.2) is 0 Å². The molecule has 6 nitrogen and oxygen atoms in total. The van der Waals surface area contributed by atoms with Crippen LogP contribution in [0.2, 0.25) is 0 Å². The molecular weight excluding hydrogens is 552 g/mol. The molecule has 2 N–H and O–H groups in total. The summed E-state index contributed by atoms with van der Waals surface area (Å²) in [5, 5.41) is 11.4. The average Bonchev–Trinajstić information content (AvgIpc) is 2.93. The number of nitrogens with zero attached hydrogens (tertiary/aromatic N) is 2. The van der Waals surface area contributed by atoms with E-state index in [0.717, 1.165) is 12.1 Å². The second-order valence-corrected chi connectivity index (χ2v) is 9.22. The molecule has 0 radical (unpaired) electrons. The number of carbonyl (C=O) groups is 2. The van der Waals surface area contributed by atoms with Crippen molar-refractivity contribution in [1.82, 2.24) is 10.2 Å². The molecule has 12 heteroatoms. The predicted octanol–water partition coefficient (Wildman–Crippen LogP) is 5.07. The summed E-state index contributed by atoms with van der Waals surface area (Å²) in [6.45, 7) is -0.357. The van der Waals surface area contributed by atoms with Gasteiger partial charge in [0.05, 0.1) is 5.56 Å². The van der Waals surface area contributed by atoms with E-state index < -0.39 is 36.3 Å². The minimum absolute atomic E-state index is 0.00971. The molecule has 0 aliphatic carbocycles. The fourth-order valence-electron chi connectivity index (χ4n) is 4.17. The number of hydrogen-bond donors (Lipinski definition) is 2. The molecule has 1 saturated heterocycles. The summed E-state index contributed by atoms with van der Waals surface area (Å²) in [7, 11) is 0. The lowest BCUT2D eigenvalue weighted by molar-refractivity contribution is -0.137. The van der Waals surface area contributed by atoms with Crippen molar-refractivity contribution in [2.75, 3.05) is 37.6 Å². The first kappa shape index (κ1) is 29.3. The molecule has 1 aliphatic rings. The number of nitrogens with one attached hydrogen (secondary N) is 1. The average molecular weight is 576 g/mol. The standard InChI is InChI=1S/C29H23F6N3O3/c30-28(31,32)18-36-26(40)21-6-8-24(9-7-21)37-10-12-38(13-11-37)27(41)22-14-20(15-23(17-22)29(33,34)35)5-4-19-2-1-3-25(39)16-19/h1-3,6-9,14-17,39H,10-13,18H2,(H,36,40). The van der Waals surface area contributed by atoms with Crippen LogP contribution in [0.4, 0.5) is 32.0 Å². The van der Waals surface area contributed by atoms with Crippen LogP contribution in [0.5, 0.6) is 5.75 Å². The topological polar surface area (TPSA) is 72.9 Å². The molecule has 0 unspecified atom stereocenters. The van der Waals surface area contributed by atoms with Crippen LogP contribution in [-0.4, -0.2) is 60.7 Å². The quantitative estimate of drug-likeness (QED) is 0.337. The molecule has 0 spiro atoms. The van der Waals surface area contributed by atoms with Gasteiger partial charge >= 0.3 is 12.4 Å². The highest BCUT2D eigenvalue weighted by atomic mass is 19.4. The summed E-state index contributed by atoms with van der Waals surface area (Å²) in [6.07, 6.45) is -9.23. The van der Waals surface area contributed by atoms with Gasteiger partial charge in [0.25, 0.3) is 11.8 Å². The van der Waals surface area contributed by atoms with E-state index >= 15 is 0 Å². The van der Waals surface area contributed by atoms with Gasteiger partial charge in [0, 0.05) is 54.1 Å². The zero-order chi connectivity index (χ0) is 29.8. The van der Waals surface area contributed by atoms with Crippen LogP contribution in [-0.2, 0) is 6.18 Å². The molecule has 0 bridgehead atoms. The number of rotatable bonds is 4. The second-order valence-electron chi connectivity index (χ2n) is 9.22. The van der Waals surface area contributed by atoms with Crippen LogP contribution in [0.3, 0.4) is 0 Å². The van der Waals surface area contributed by atoms with Gasteiger partial charge < -0.3 is 20.2 Å². The van der Waals surface area contributed by atoms with E-state index in [4.69, 9.17) is 0 Å². The van der Waals surface area contributed by atoms with Crippen molar-refractivity contribution in [2.24, 2.45) is 0 Å². The molecule has 1 heterocycles. The van der Waals surface area contributed by atoms with E-state index in [9.17, 15) is 41.0 Å². The number of amides is 2. The number of alkyl halides is 6. The summed E-state index contributed by atoms with van der Waals surface area (Å²) >= 11 is 0. The molecule has 3 aromatic rings. The van der Waals surface area contributed by atoms with Crippen LogP contribution in [0.1, 0.15) is 37.4 Å². The lowest BCUT2D eigenvalue weighted by Crippen LogP contribution is -2.48. The second kappa shape index (κ2) is 11.8. The van der Waals surface area contributed by atoms with Crippen molar-refractivity contribution in [3.63, 3.8) is 0 Å². The van der Waals surface area contributed by atoms with Gasteiger partial charge in [-0.2, -0.15) is 26.3 Å². The number of hydrogen-bond acceptors (Lipinski definition) is 4. The van der Waals surface area contributed by atoms with Gasteiger partial charge in [-0.05, 0) is 60.7 Å². The fourth-order valence-corrected chi connectivity index (χ4v) is 4.17. The number of aromatic hydroxyl groups is 1. The van der Waals surface area contributed by atoms with Gasteiger partial charge in [0.1, 0.15) is 12.3 Å². The third-order valence-corrected chi connectivity index (χ3v) is 6.22. The van der Waals surface area contributed by atoms with E-state index in [0.29, 0.717) is 24.3 Å². The Labute approximate surface area is 231 Å². The summed E-state index contributed by atoms with van der Waals surface area (Å²) in [5.74, 6) is 3.82. The Morgan fingerprint density at radius 3 is 2.07 bits per heavy atom. The van der Waals surface area contributed by atoms with Crippen molar-refractivity contribution in [3.8, 4) is 17.6 Å². The largest absolute Gasteiger partial charge is 0.508 e. The molecule has 3 aromatic carbocycles. The van der Waals surface area contributed by atoms with Gasteiger partial charge in [-0.15, -0.1) is 0 Å². The molecule has 1 aliphatic heterocycles. The van der Waals surface area contributed by atoms with Gasteiger partial charge in [0.2, 0.25) is 0 Å². The van der Waals surface area contributed by atoms with Crippen molar-refractivity contribution >= 4 is 17.5 Å². The van der Waals surface area contributed by atoms with Crippen LogP contribution >= 0.6 is 0 Å². The number of halogens is 6. The van der Waals surface area contributed by atoms with Crippen molar-refractivity contribution in [1.29, 1.82) is 0 Å². The molecule has 0 saturated carbocycles. The summed E-state index contributed by atoms with van der Waals surface area (Å²) in [4.78, 5) is 28.4. The van der Waals surface area contributed by atoms with E-state index in [-0.39, 0.29) is 35.5 Å². The number of anilines is 1. The SMILES string of the molecule is O=C(NCC(F)(F)F)c1ccc(N2CCN(C(=O)c3cc(C#Cc4cccc(O)c4)cc(C(F)(F)F)c3)CC2)cc1. The van der Waals surface area contributed by atoms with E-state index in [1.54, 1.807) is 29.6 Å². The highest BCUT2D eigenvalue weighted by molar-refractivity contribution is 5.95. The Morgan fingerprint density at radius 1 is 0.805 bits per heavy atom. The zero-order valence-corrected chi connectivity index (χ0v) is 21.3. The first-order valence-electron chi connectivity index (χ1n) is 12.3. The monoisotopic (exact) mass is 575 g/mol. The maximum Gasteiger partial charge on any atom is 0.416 e. The highest BCUT2D eigenvalue weighted by Gasteiger charge is 2.33. The first-order chi connectivity index (χ1) is 19.3. The van der Waals surface area contributed by atoms with Gasteiger partial charge in [-0.3, -0.25) is 9.59 Å². The fraction of sp³-hybridized carbons (Fsp3) is 0.241. The van der Waals surface area contributed by atoms with Crippen molar-refractivity contribution < 1.29 is 41.0 Å². The zero-order valence-electron chi connectivity index (χ0n) is 21.3. The van der Waals surface area contributed by atoms with E-state index in [2.05, 4.69) is 11.8 Å². The summed E-state index contributed by atoms with van der Waals surface area (Å²) in [6, 6.07) is 14.8. The van der Waals surface area contributed by atoms with E-state index in [1.165, 1.54) is 35.2 Å². The summed E-state index contributed by atoms with van der Waals surface area (Å²) in [5.41, 5.74) is -0.0671. The number of piperazine rings is 1. The highest BCUT2D eigenvalue weighted by Crippen LogP contribution is 2.31. The third-order valence-electron chi connectivity index (χ3n) is 6.22. The van der Waals surface area contributed by atoms with Crippen LogP contribution in [0.15, 0.2) is 66.7 Å². The smallest absolute Gasteiger partial charge is 0.416 e. The molecular formula is C29H23F6N3O3. The van der Waals surface area contributed by atoms with Crippen LogP contribution < -0.4 is 10.2 Å². The third kappa shape index (κ3) is 7.94. The Bertz CT molecular complexity index is 1480. The molecule has 0 aromatic heterocycles. The van der Waals surface area contributed by atoms with E-state index in [1.807, 2.05) is 4.90 Å². The van der Waals surface area contributed by atoms with Crippen molar-refractivity contribution in [2.45, 2.75) is 12.4 Å². The van der Waals surface area contributed by atoms with Crippen LogP contribution in [0, 0.1) is 11.8 Å². The van der Waals surface area contributed by atoms with Gasteiger partial charge in [-0.1, -0.05) is 17.9 Å². The lowest BCUT2D eigenvalue weighted by Gasteiger charge is -2.36. The summed E-state index contributed by atoms with van der Waals surface area (Å²) < 4.78 is 77.8. The Kier molecular flexibility index (Phi) is 8.47. The Balaban J connectivity index is 1.44. The lowest BCUT2D eigenvalue weighted by atomic mass is 10.0. The molecule has 4 rings (SSSR count).